The third-order valence-electron chi connectivity index (χ3n) is 1.34. The van der Waals surface area contributed by atoms with Crippen LogP contribution in [0.25, 0.3) is 0 Å². The molecule has 0 atom stereocenters. The van der Waals surface area contributed by atoms with Crippen molar-refractivity contribution >= 4 is 0 Å². The van der Waals surface area contributed by atoms with Gasteiger partial charge in [-0.2, -0.15) is 0 Å². The van der Waals surface area contributed by atoms with E-state index in [4.69, 9.17) is 17.2 Å². The van der Waals surface area contributed by atoms with Crippen LogP contribution in [0, 0.1) is 5.82 Å². The van der Waals surface area contributed by atoms with Crippen molar-refractivity contribution in [3.8, 4) is 0 Å². The van der Waals surface area contributed by atoms with Gasteiger partial charge in [0.05, 0.1) is 0 Å². The second-order valence-corrected chi connectivity index (χ2v) is 2.44. The fraction of sp³-hybridized carbons (Fsp3) is 0.143. The molecule has 0 radical (unpaired) electrons. The summed E-state index contributed by atoms with van der Waals surface area (Å²) in [5.41, 5.74) is 16.5. The molecule has 11 heavy (non-hydrogen) atoms. The molecule has 0 fully saturated rings. The monoisotopic (exact) mass is 155 g/mol. The van der Waals surface area contributed by atoms with Crippen LogP contribution in [0.1, 0.15) is 5.56 Å². The number of hydrogen-bond donors (Lipinski definition) is 3. The summed E-state index contributed by atoms with van der Waals surface area (Å²) in [4.78, 5) is 0. The van der Waals surface area contributed by atoms with E-state index in [-0.39, 0.29) is 5.82 Å². The minimum Gasteiger partial charge on any atom is -0.297 e. The van der Waals surface area contributed by atoms with Crippen LogP contribution in [-0.2, 0) is 5.79 Å². The van der Waals surface area contributed by atoms with Crippen molar-refractivity contribution < 1.29 is 4.39 Å². The first kappa shape index (κ1) is 8.13. The maximum atomic E-state index is 12.4. The highest BCUT2D eigenvalue weighted by molar-refractivity contribution is 5.21. The van der Waals surface area contributed by atoms with E-state index >= 15 is 0 Å². The molecule has 1 aromatic rings. The second kappa shape index (κ2) is 2.58. The van der Waals surface area contributed by atoms with E-state index in [0.29, 0.717) is 5.56 Å². The van der Waals surface area contributed by atoms with Crippen molar-refractivity contribution in [2.75, 3.05) is 0 Å². The Labute approximate surface area is 64.0 Å². The van der Waals surface area contributed by atoms with Gasteiger partial charge in [-0.25, -0.2) is 4.39 Å². The molecule has 0 aromatic heterocycles. The molecule has 0 saturated heterocycles. The Hall–Kier alpha value is -0.970. The van der Waals surface area contributed by atoms with Crippen LogP contribution in [0.2, 0.25) is 0 Å². The van der Waals surface area contributed by atoms with Gasteiger partial charge in [-0.3, -0.25) is 17.2 Å². The lowest BCUT2D eigenvalue weighted by Crippen LogP contribution is -2.54. The molecule has 0 aliphatic heterocycles. The zero-order chi connectivity index (χ0) is 8.48. The van der Waals surface area contributed by atoms with E-state index in [2.05, 4.69) is 0 Å². The first-order valence-corrected chi connectivity index (χ1v) is 3.13. The molecule has 60 valence electrons. The van der Waals surface area contributed by atoms with Crippen LogP contribution in [0.4, 0.5) is 4.39 Å². The van der Waals surface area contributed by atoms with Crippen molar-refractivity contribution in [3.63, 3.8) is 0 Å². The summed E-state index contributed by atoms with van der Waals surface area (Å²) < 4.78 is 12.4. The highest BCUT2D eigenvalue weighted by Gasteiger charge is 2.13. The molecule has 1 aromatic carbocycles. The number of rotatable bonds is 1. The highest BCUT2D eigenvalue weighted by Crippen LogP contribution is 2.07. The first-order valence-electron chi connectivity index (χ1n) is 3.13. The minimum absolute atomic E-state index is 0.335. The SMILES string of the molecule is NC(N)(N)c1ccc(F)cc1. The molecule has 1 rings (SSSR count). The molecule has 0 heterocycles. The number of nitrogens with two attached hydrogens (primary N) is 3. The van der Waals surface area contributed by atoms with Gasteiger partial charge in [0.1, 0.15) is 11.6 Å². The fourth-order valence-corrected chi connectivity index (χ4v) is 0.739. The molecule has 0 spiro atoms. The summed E-state index contributed by atoms with van der Waals surface area (Å²) in [5, 5.41) is 0. The minimum atomic E-state index is -1.38. The smallest absolute Gasteiger partial charge is 0.142 e. The Morgan fingerprint density at radius 3 is 1.82 bits per heavy atom. The van der Waals surface area contributed by atoms with E-state index in [0.717, 1.165) is 0 Å². The molecule has 6 N–H and O–H groups in total. The molecular weight excluding hydrogens is 145 g/mol. The van der Waals surface area contributed by atoms with Crippen molar-refractivity contribution in [2.45, 2.75) is 5.79 Å². The van der Waals surface area contributed by atoms with Gasteiger partial charge in [0.25, 0.3) is 0 Å². The molecule has 0 aliphatic rings. The van der Waals surface area contributed by atoms with E-state index in [1.807, 2.05) is 0 Å². The number of hydrogen-bond acceptors (Lipinski definition) is 3. The zero-order valence-electron chi connectivity index (χ0n) is 5.92. The van der Waals surface area contributed by atoms with Crippen LogP contribution in [0.3, 0.4) is 0 Å². The Balaban J connectivity index is 2.99. The third-order valence-corrected chi connectivity index (χ3v) is 1.34. The summed E-state index contributed by atoms with van der Waals surface area (Å²) in [7, 11) is 0. The van der Waals surface area contributed by atoms with E-state index in [9.17, 15) is 4.39 Å². The Kier molecular flexibility index (Phi) is 1.90. The normalized spacial score (nSPS) is 11.6. The average Bonchev–Trinajstić information content (AvgIpc) is 1.86. The Morgan fingerprint density at radius 2 is 1.45 bits per heavy atom. The number of benzene rings is 1. The highest BCUT2D eigenvalue weighted by atomic mass is 19.1. The predicted octanol–water partition coefficient (Wildman–Crippen LogP) is -0.188. The largest absolute Gasteiger partial charge is 0.297 e. The standard InChI is InChI=1S/C7H10FN3/c8-6-3-1-5(2-4-6)7(9,10)11/h1-4H,9-11H2. The summed E-state index contributed by atoms with van der Waals surface area (Å²) in [6.07, 6.45) is 0. The summed E-state index contributed by atoms with van der Waals surface area (Å²) >= 11 is 0. The predicted molar refractivity (Wildman–Crippen MR) is 40.6 cm³/mol. The van der Waals surface area contributed by atoms with Gasteiger partial charge in [0.2, 0.25) is 0 Å². The van der Waals surface area contributed by atoms with Crippen molar-refractivity contribution in [1.29, 1.82) is 0 Å². The van der Waals surface area contributed by atoms with Crippen molar-refractivity contribution in [3.05, 3.63) is 35.6 Å². The molecule has 0 aliphatic carbocycles. The second-order valence-electron chi connectivity index (χ2n) is 2.44. The lowest BCUT2D eigenvalue weighted by molar-refractivity contribution is 0.487. The quantitative estimate of drug-likeness (QED) is 0.492. The van der Waals surface area contributed by atoms with Crippen LogP contribution in [-0.4, -0.2) is 0 Å². The first-order chi connectivity index (χ1) is 5.00. The van der Waals surface area contributed by atoms with Crippen LogP contribution in [0.15, 0.2) is 24.3 Å². The van der Waals surface area contributed by atoms with Gasteiger partial charge in [0, 0.05) is 5.56 Å². The summed E-state index contributed by atoms with van der Waals surface area (Å²) in [6.45, 7) is 0. The van der Waals surface area contributed by atoms with E-state index in [1.165, 1.54) is 24.3 Å². The molecule has 0 bridgehead atoms. The van der Waals surface area contributed by atoms with Crippen LogP contribution < -0.4 is 17.2 Å². The Bertz CT molecular complexity index is 237. The molecule has 0 amide bonds. The third kappa shape index (κ3) is 1.98. The van der Waals surface area contributed by atoms with Crippen LogP contribution in [0.5, 0.6) is 0 Å². The van der Waals surface area contributed by atoms with E-state index < -0.39 is 5.79 Å². The van der Waals surface area contributed by atoms with Gasteiger partial charge in [-0.05, 0) is 12.1 Å². The van der Waals surface area contributed by atoms with Gasteiger partial charge in [-0.15, -0.1) is 0 Å². The van der Waals surface area contributed by atoms with Gasteiger partial charge in [-0.1, -0.05) is 12.1 Å². The average molecular weight is 155 g/mol. The van der Waals surface area contributed by atoms with Gasteiger partial charge in [0.15, 0.2) is 0 Å². The maximum Gasteiger partial charge on any atom is 0.142 e. The topological polar surface area (TPSA) is 78.1 Å². The number of halogens is 1. The molecule has 4 heteroatoms. The lowest BCUT2D eigenvalue weighted by Gasteiger charge is -2.18. The summed E-state index contributed by atoms with van der Waals surface area (Å²) in [6, 6.07) is 5.43. The zero-order valence-corrected chi connectivity index (χ0v) is 5.92. The van der Waals surface area contributed by atoms with Crippen molar-refractivity contribution in [2.24, 2.45) is 17.2 Å². The van der Waals surface area contributed by atoms with Gasteiger partial charge < -0.3 is 0 Å². The van der Waals surface area contributed by atoms with Crippen LogP contribution >= 0.6 is 0 Å². The molecular formula is C7H10FN3. The molecule has 0 unspecified atom stereocenters. The fourth-order valence-electron chi connectivity index (χ4n) is 0.739. The Morgan fingerprint density at radius 1 is 1.00 bits per heavy atom. The maximum absolute atomic E-state index is 12.4. The van der Waals surface area contributed by atoms with Gasteiger partial charge >= 0.3 is 0 Å². The van der Waals surface area contributed by atoms with E-state index in [1.54, 1.807) is 0 Å². The molecule has 3 nitrogen and oxygen atoms in total. The summed E-state index contributed by atoms with van der Waals surface area (Å²) in [5.74, 6) is -1.72. The molecule has 0 saturated carbocycles. The lowest BCUT2D eigenvalue weighted by atomic mass is 10.1. The van der Waals surface area contributed by atoms with Crippen molar-refractivity contribution in [1.82, 2.24) is 0 Å².